The number of ketones is 1. The van der Waals surface area contributed by atoms with E-state index in [-0.39, 0.29) is 12.4 Å². The predicted octanol–water partition coefficient (Wildman–Crippen LogP) is 1.82. The Morgan fingerprint density at radius 1 is 1.29 bits per heavy atom. The largest absolute Gasteiger partial charge is 0.369 e. The molecule has 0 amide bonds. The molecule has 0 bridgehead atoms. The molecule has 0 radical (unpaired) electrons. The second kappa shape index (κ2) is 5.41. The first-order valence-electron chi connectivity index (χ1n) is 5.40. The Morgan fingerprint density at radius 2 is 2.06 bits per heavy atom. The van der Waals surface area contributed by atoms with Crippen molar-refractivity contribution in [3.63, 3.8) is 0 Å². The molecule has 2 aromatic rings. The lowest BCUT2D eigenvalue weighted by molar-refractivity contribution is 0.0721. The highest BCUT2D eigenvalue weighted by Crippen LogP contribution is 2.02. The first kappa shape index (κ1) is 11.5. The van der Waals surface area contributed by atoms with Crippen molar-refractivity contribution in [3.8, 4) is 0 Å². The normalized spacial score (nSPS) is 10.4. The number of aromatic nitrogens is 2. The summed E-state index contributed by atoms with van der Waals surface area (Å²) in [6.07, 6.45) is 1.74. The fraction of sp³-hybridized carbons (Fsp3) is 0.231. The van der Waals surface area contributed by atoms with Crippen molar-refractivity contribution in [2.45, 2.75) is 6.61 Å². The lowest BCUT2D eigenvalue weighted by atomic mass is 10.2. The highest BCUT2D eigenvalue weighted by molar-refractivity contribution is 5.95. The minimum Gasteiger partial charge on any atom is -0.369 e. The molecular formula is C13H14N2O2. The first-order valence-corrected chi connectivity index (χ1v) is 5.40. The SMILES string of the molecule is Cn1ccc(C(=O)COCc2ccccc2)n1. The van der Waals surface area contributed by atoms with Gasteiger partial charge >= 0.3 is 0 Å². The maximum Gasteiger partial charge on any atom is 0.208 e. The second-order valence-electron chi connectivity index (χ2n) is 3.78. The van der Waals surface area contributed by atoms with E-state index in [2.05, 4.69) is 5.10 Å². The summed E-state index contributed by atoms with van der Waals surface area (Å²) in [7, 11) is 1.78. The van der Waals surface area contributed by atoms with Gasteiger partial charge in [-0.05, 0) is 11.6 Å². The molecule has 1 aromatic carbocycles. The van der Waals surface area contributed by atoms with Crippen molar-refractivity contribution < 1.29 is 9.53 Å². The lowest BCUT2D eigenvalue weighted by Gasteiger charge is -2.02. The zero-order chi connectivity index (χ0) is 12.1. The third kappa shape index (κ3) is 3.26. The maximum atomic E-state index is 11.6. The van der Waals surface area contributed by atoms with Crippen LogP contribution >= 0.6 is 0 Å². The minimum atomic E-state index is -0.0958. The molecule has 0 aliphatic rings. The molecule has 88 valence electrons. The van der Waals surface area contributed by atoms with E-state index >= 15 is 0 Å². The molecule has 1 aromatic heterocycles. The monoisotopic (exact) mass is 230 g/mol. The van der Waals surface area contributed by atoms with Crippen molar-refractivity contribution >= 4 is 5.78 Å². The molecule has 0 atom stereocenters. The van der Waals surface area contributed by atoms with Gasteiger partial charge in [0.25, 0.3) is 0 Å². The lowest BCUT2D eigenvalue weighted by Crippen LogP contribution is -2.10. The maximum absolute atomic E-state index is 11.6. The van der Waals surface area contributed by atoms with E-state index in [0.29, 0.717) is 12.3 Å². The Bertz CT molecular complexity index is 491. The number of Topliss-reactive ketones (excluding diaryl/α,β-unsaturated/α-hetero) is 1. The summed E-state index contributed by atoms with van der Waals surface area (Å²) >= 11 is 0. The smallest absolute Gasteiger partial charge is 0.208 e. The number of carbonyl (C=O) groups is 1. The molecule has 0 N–H and O–H groups in total. The number of aryl methyl sites for hydroxylation is 1. The van der Waals surface area contributed by atoms with Crippen molar-refractivity contribution in [3.05, 3.63) is 53.9 Å². The number of nitrogens with zero attached hydrogens (tertiary/aromatic N) is 2. The van der Waals surface area contributed by atoms with Crippen LogP contribution in [0.25, 0.3) is 0 Å². The van der Waals surface area contributed by atoms with Crippen LogP contribution in [0.5, 0.6) is 0 Å². The van der Waals surface area contributed by atoms with E-state index in [1.807, 2.05) is 30.3 Å². The molecule has 1 heterocycles. The number of rotatable bonds is 5. The van der Waals surface area contributed by atoms with Crippen LogP contribution in [0, 0.1) is 0 Å². The average Bonchev–Trinajstić information content (AvgIpc) is 2.77. The number of hydrogen-bond donors (Lipinski definition) is 0. The summed E-state index contributed by atoms with van der Waals surface area (Å²) in [6, 6.07) is 11.5. The Labute approximate surface area is 99.8 Å². The van der Waals surface area contributed by atoms with E-state index in [1.54, 1.807) is 24.0 Å². The van der Waals surface area contributed by atoms with Gasteiger partial charge in [-0.2, -0.15) is 5.10 Å². The van der Waals surface area contributed by atoms with Gasteiger partial charge in [0.15, 0.2) is 0 Å². The van der Waals surface area contributed by atoms with Crippen LogP contribution < -0.4 is 0 Å². The summed E-state index contributed by atoms with van der Waals surface area (Å²) in [5.41, 5.74) is 1.50. The standard InChI is InChI=1S/C13H14N2O2/c1-15-8-7-12(14-15)13(16)10-17-9-11-5-3-2-4-6-11/h2-8H,9-10H2,1H3. The van der Waals surface area contributed by atoms with E-state index in [4.69, 9.17) is 4.74 Å². The minimum absolute atomic E-state index is 0.0614. The number of ether oxygens (including phenoxy) is 1. The highest BCUT2D eigenvalue weighted by atomic mass is 16.5. The molecule has 17 heavy (non-hydrogen) atoms. The fourth-order valence-electron chi connectivity index (χ4n) is 1.47. The van der Waals surface area contributed by atoms with Crippen molar-refractivity contribution in [1.29, 1.82) is 0 Å². The van der Waals surface area contributed by atoms with Crippen LogP contribution in [0.2, 0.25) is 0 Å². The molecule has 4 heteroatoms. The van der Waals surface area contributed by atoms with Crippen molar-refractivity contribution in [1.82, 2.24) is 9.78 Å². The molecular weight excluding hydrogens is 216 g/mol. The van der Waals surface area contributed by atoms with Crippen LogP contribution in [0.1, 0.15) is 16.1 Å². The average molecular weight is 230 g/mol. The molecule has 0 aliphatic heterocycles. The number of benzene rings is 1. The summed E-state index contributed by atoms with van der Waals surface area (Å²) < 4.78 is 6.95. The topological polar surface area (TPSA) is 44.1 Å². The van der Waals surface area contributed by atoms with Gasteiger partial charge in [0.2, 0.25) is 5.78 Å². The van der Waals surface area contributed by atoms with Gasteiger partial charge in [-0.15, -0.1) is 0 Å². The molecule has 0 aliphatic carbocycles. The summed E-state index contributed by atoms with van der Waals surface area (Å²) in [5, 5.41) is 4.02. The Morgan fingerprint density at radius 3 is 2.71 bits per heavy atom. The predicted molar refractivity (Wildman–Crippen MR) is 63.6 cm³/mol. The van der Waals surface area contributed by atoms with Crippen LogP contribution in [-0.2, 0) is 18.4 Å². The van der Waals surface area contributed by atoms with E-state index in [0.717, 1.165) is 5.56 Å². The first-order chi connectivity index (χ1) is 8.25. The van der Waals surface area contributed by atoms with E-state index in [9.17, 15) is 4.79 Å². The zero-order valence-corrected chi connectivity index (χ0v) is 9.67. The van der Waals surface area contributed by atoms with Crippen molar-refractivity contribution in [2.75, 3.05) is 6.61 Å². The van der Waals surface area contributed by atoms with E-state index in [1.165, 1.54) is 0 Å². The molecule has 4 nitrogen and oxygen atoms in total. The molecule has 0 saturated heterocycles. The molecule has 0 saturated carbocycles. The Hall–Kier alpha value is -1.94. The van der Waals surface area contributed by atoms with Crippen LogP contribution in [0.15, 0.2) is 42.6 Å². The third-order valence-electron chi connectivity index (χ3n) is 2.34. The third-order valence-corrected chi connectivity index (χ3v) is 2.34. The quantitative estimate of drug-likeness (QED) is 0.736. The van der Waals surface area contributed by atoms with Crippen molar-refractivity contribution in [2.24, 2.45) is 7.05 Å². The van der Waals surface area contributed by atoms with E-state index < -0.39 is 0 Å². The summed E-state index contributed by atoms with van der Waals surface area (Å²) in [4.78, 5) is 11.6. The molecule has 0 unspecified atom stereocenters. The molecule has 2 rings (SSSR count). The van der Waals surface area contributed by atoms with Gasteiger partial charge in [0.05, 0.1) is 6.61 Å². The number of carbonyl (C=O) groups excluding carboxylic acids is 1. The molecule has 0 spiro atoms. The van der Waals surface area contributed by atoms with Gasteiger partial charge in [0, 0.05) is 13.2 Å². The van der Waals surface area contributed by atoms with Crippen LogP contribution in [-0.4, -0.2) is 22.2 Å². The molecule has 0 fully saturated rings. The van der Waals surface area contributed by atoms with Gasteiger partial charge in [-0.25, -0.2) is 0 Å². The number of hydrogen-bond acceptors (Lipinski definition) is 3. The Balaban J connectivity index is 1.81. The Kier molecular flexibility index (Phi) is 3.67. The van der Waals surface area contributed by atoms with Crippen LogP contribution in [0.3, 0.4) is 0 Å². The van der Waals surface area contributed by atoms with Gasteiger partial charge < -0.3 is 4.74 Å². The summed E-state index contributed by atoms with van der Waals surface area (Å²) in [6.45, 7) is 0.505. The van der Waals surface area contributed by atoms with Gasteiger partial charge in [-0.1, -0.05) is 30.3 Å². The zero-order valence-electron chi connectivity index (χ0n) is 9.67. The second-order valence-corrected chi connectivity index (χ2v) is 3.78. The summed E-state index contributed by atoms with van der Waals surface area (Å²) in [5.74, 6) is -0.0958. The van der Waals surface area contributed by atoms with Crippen LogP contribution in [0.4, 0.5) is 0 Å². The van der Waals surface area contributed by atoms with Gasteiger partial charge in [0.1, 0.15) is 12.3 Å². The van der Waals surface area contributed by atoms with Gasteiger partial charge in [-0.3, -0.25) is 9.48 Å². The fourth-order valence-corrected chi connectivity index (χ4v) is 1.47. The highest BCUT2D eigenvalue weighted by Gasteiger charge is 2.08.